The molecule has 0 saturated carbocycles. The molecular formula is C8H16N2. The molecule has 0 bridgehead atoms. The molecule has 2 nitrogen and oxygen atoms in total. The topological polar surface area (TPSA) is 29.3 Å². The molecule has 0 amide bonds. The summed E-state index contributed by atoms with van der Waals surface area (Å²) in [7, 11) is 2.03. The highest BCUT2D eigenvalue weighted by atomic mass is 15.1. The lowest BCUT2D eigenvalue weighted by Gasteiger charge is -2.16. The van der Waals surface area contributed by atoms with Crippen LogP contribution < -0.4 is 5.73 Å². The maximum absolute atomic E-state index is 5.57. The van der Waals surface area contributed by atoms with Gasteiger partial charge in [-0.05, 0) is 14.0 Å². The van der Waals surface area contributed by atoms with Crippen molar-refractivity contribution in [1.82, 2.24) is 4.90 Å². The largest absolute Gasteiger partial charge is 0.327 e. The van der Waals surface area contributed by atoms with Gasteiger partial charge < -0.3 is 10.6 Å². The minimum absolute atomic E-state index is 0.239. The Balaban J connectivity index is 3.27. The smallest absolute Gasteiger partial charge is 0.0214 e. The lowest BCUT2D eigenvalue weighted by Crippen LogP contribution is -2.33. The predicted octanol–water partition coefficient (Wildman–Crippen LogP) is 0.289. The first-order valence-electron chi connectivity index (χ1n) is 3.54. The van der Waals surface area contributed by atoms with Gasteiger partial charge in [0.25, 0.3) is 0 Å². The van der Waals surface area contributed by atoms with Crippen LogP contribution >= 0.6 is 0 Å². The maximum Gasteiger partial charge on any atom is 0.0214 e. The molecular weight excluding hydrogens is 124 g/mol. The molecule has 0 aromatic rings. The fraction of sp³-hybridized carbons (Fsp3) is 0.750. The van der Waals surface area contributed by atoms with E-state index >= 15 is 0 Å². The average molecular weight is 140 g/mol. The minimum Gasteiger partial charge on any atom is -0.327 e. The second-order valence-electron chi connectivity index (χ2n) is 2.69. The Labute approximate surface area is 63.4 Å². The summed E-state index contributed by atoms with van der Waals surface area (Å²) in [6.45, 7) is 3.85. The summed E-state index contributed by atoms with van der Waals surface area (Å²) < 4.78 is 0. The molecule has 0 saturated heterocycles. The molecule has 1 atom stereocenters. The fourth-order valence-corrected chi connectivity index (χ4v) is 0.838. The average Bonchev–Trinajstić information content (AvgIpc) is 1.82. The van der Waals surface area contributed by atoms with Crippen molar-refractivity contribution < 1.29 is 0 Å². The first kappa shape index (κ1) is 9.48. The summed E-state index contributed by atoms with van der Waals surface area (Å²) >= 11 is 0. The van der Waals surface area contributed by atoms with Crippen molar-refractivity contribution in [3.8, 4) is 12.3 Å². The summed E-state index contributed by atoms with van der Waals surface area (Å²) in [5.74, 6) is 2.59. The van der Waals surface area contributed by atoms with E-state index in [-0.39, 0.29) is 6.04 Å². The van der Waals surface area contributed by atoms with Crippen LogP contribution in [-0.4, -0.2) is 31.1 Å². The predicted molar refractivity (Wildman–Crippen MR) is 44.6 cm³/mol. The van der Waals surface area contributed by atoms with Crippen LogP contribution in [0.4, 0.5) is 0 Å². The molecule has 0 spiro atoms. The zero-order chi connectivity index (χ0) is 7.98. The van der Waals surface area contributed by atoms with Crippen LogP contribution in [0.25, 0.3) is 0 Å². The van der Waals surface area contributed by atoms with E-state index in [0.29, 0.717) is 0 Å². The summed E-state index contributed by atoms with van der Waals surface area (Å²) in [6, 6.07) is 0.239. The van der Waals surface area contributed by atoms with Crippen molar-refractivity contribution in [1.29, 1.82) is 0 Å². The van der Waals surface area contributed by atoms with Crippen LogP contribution in [0.15, 0.2) is 0 Å². The summed E-state index contributed by atoms with van der Waals surface area (Å²) in [5, 5.41) is 0. The first-order chi connectivity index (χ1) is 4.66. The van der Waals surface area contributed by atoms with Gasteiger partial charge in [-0.3, -0.25) is 0 Å². The molecule has 0 fully saturated rings. The monoisotopic (exact) mass is 140 g/mol. The van der Waals surface area contributed by atoms with Crippen molar-refractivity contribution >= 4 is 0 Å². The summed E-state index contributed by atoms with van der Waals surface area (Å²) in [6.07, 6.45) is 5.91. The van der Waals surface area contributed by atoms with Gasteiger partial charge in [-0.2, -0.15) is 0 Å². The Kier molecular flexibility index (Phi) is 5.00. The Morgan fingerprint density at radius 3 is 2.70 bits per heavy atom. The third-order valence-corrected chi connectivity index (χ3v) is 1.24. The molecule has 0 aliphatic carbocycles. The zero-order valence-electron chi connectivity index (χ0n) is 6.80. The van der Waals surface area contributed by atoms with E-state index in [1.54, 1.807) is 0 Å². The maximum atomic E-state index is 5.57. The SMILES string of the molecule is C#CCCN(C)CC(C)N. The van der Waals surface area contributed by atoms with Crippen molar-refractivity contribution in [2.45, 2.75) is 19.4 Å². The van der Waals surface area contributed by atoms with Gasteiger partial charge in [0.2, 0.25) is 0 Å². The molecule has 10 heavy (non-hydrogen) atoms. The Morgan fingerprint density at radius 1 is 1.70 bits per heavy atom. The molecule has 0 heterocycles. The number of rotatable bonds is 4. The van der Waals surface area contributed by atoms with Gasteiger partial charge in [0.1, 0.15) is 0 Å². The molecule has 2 N–H and O–H groups in total. The molecule has 0 aliphatic rings. The van der Waals surface area contributed by atoms with Crippen molar-refractivity contribution in [3.05, 3.63) is 0 Å². The second kappa shape index (κ2) is 5.28. The lowest BCUT2D eigenvalue weighted by atomic mass is 10.3. The van der Waals surface area contributed by atoms with Gasteiger partial charge >= 0.3 is 0 Å². The number of nitrogens with zero attached hydrogens (tertiary/aromatic N) is 1. The molecule has 0 radical (unpaired) electrons. The normalized spacial score (nSPS) is 13.1. The van der Waals surface area contributed by atoms with Gasteiger partial charge in [0.15, 0.2) is 0 Å². The Hall–Kier alpha value is -0.520. The van der Waals surface area contributed by atoms with E-state index in [0.717, 1.165) is 19.5 Å². The number of likely N-dealkylation sites (N-methyl/N-ethyl adjacent to an activating group) is 1. The van der Waals surface area contributed by atoms with E-state index in [4.69, 9.17) is 12.2 Å². The van der Waals surface area contributed by atoms with Crippen LogP contribution in [-0.2, 0) is 0 Å². The van der Waals surface area contributed by atoms with E-state index in [2.05, 4.69) is 10.8 Å². The highest BCUT2D eigenvalue weighted by Crippen LogP contribution is 1.87. The van der Waals surface area contributed by atoms with Gasteiger partial charge in [-0.25, -0.2) is 0 Å². The van der Waals surface area contributed by atoms with Crippen LogP contribution in [0.1, 0.15) is 13.3 Å². The third kappa shape index (κ3) is 5.61. The molecule has 58 valence electrons. The number of hydrogen-bond acceptors (Lipinski definition) is 2. The molecule has 0 aromatic heterocycles. The van der Waals surface area contributed by atoms with Gasteiger partial charge in [-0.15, -0.1) is 12.3 Å². The summed E-state index contributed by atoms with van der Waals surface area (Å²) in [4.78, 5) is 2.14. The van der Waals surface area contributed by atoms with Gasteiger partial charge in [-0.1, -0.05) is 0 Å². The van der Waals surface area contributed by atoms with E-state index in [9.17, 15) is 0 Å². The van der Waals surface area contributed by atoms with E-state index in [1.807, 2.05) is 14.0 Å². The third-order valence-electron chi connectivity index (χ3n) is 1.24. The molecule has 0 aromatic carbocycles. The molecule has 0 aliphatic heterocycles. The van der Waals surface area contributed by atoms with Gasteiger partial charge in [0, 0.05) is 25.6 Å². The fourth-order valence-electron chi connectivity index (χ4n) is 0.838. The standard InChI is InChI=1S/C8H16N2/c1-4-5-6-10(3)7-8(2)9/h1,8H,5-7,9H2,2-3H3. The molecule has 0 rings (SSSR count). The zero-order valence-corrected chi connectivity index (χ0v) is 6.80. The Morgan fingerprint density at radius 2 is 2.30 bits per heavy atom. The Bertz CT molecular complexity index is 113. The second-order valence-corrected chi connectivity index (χ2v) is 2.69. The highest BCUT2D eigenvalue weighted by molar-refractivity contribution is 4.84. The quantitative estimate of drug-likeness (QED) is 0.569. The van der Waals surface area contributed by atoms with Crippen LogP contribution in [0, 0.1) is 12.3 Å². The van der Waals surface area contributed by atoms with Crippen molar-refractivity contribution in [3.63, 3.8) is 0 Å². The van der Waals surface area contributed by atoms with Crippen LogP contribution in [0.5, 0.6) is 0 Å². The van der Waals surface area contributed by atoms with Crippen molar-refractivity contribution in [2.75, 3.05) is 20.1 Å². The highest BCUT2D eigenvalue weighted by Gasteiger charge is 1.98. The number of hydrogen-bond donors (Lipinski definition) is 1. The van der Waals surface area contributed by atoms with Crippen molar-refractivity contribution in [2.24, 2.45) is 5.73 Å². The number of nitrogens with two attached hydrogens (primary N) is 1. The summed E-state index contributed by atoms with van der Waals surface area (Å²) in [5.41, 5.74) is 5.57. The van der Waals surface area contributed by atoms with Crippen LogP contribution in [0.2, 0.25) is 0 Å². The first-order valence-corrected chi connectivity index (χ1v) is 3.54. The van der Waals surface area contributed by atoms with E-state index < -0.39 is 0 Å². The van der Waals surface area contributed by atoms with E-state index in [1.165, 1.54) is 0 Å². The minimum atomic E-state index is 0.239. The molecule has 1 unspecified atom stereocenters. The van der Waals surface area contributed by atoms with Gasteiger partial charge in [0.05, 0.1) is 0 Å². The number of terminal acetylenes is 1. The lowest BCUT2D eigenvalue weighted by molar-refractivity contribution is 0.325. The molecule has 2 heteroatoms. The van der Waals surface area contributed by atoms with Crippen LogP contribution in [0.3, 0.4) is 0 Å².